The molecule has 9 rings (SSSR count). The van der Waals surface area contributed by atoms with E-state index in [4.69, 9.17) is 4.65 Å². The monoisotopic (exact) mass is 917 g/mol. The second kappa shape index (κ2) is 26.0. The average molecular weight is 917 g/mol. The third-order valence-electron chi connectivity index (χ3n) is 9.13. The van der Waals surface area contributed by atoms with E-state index in [1.54, 1.807) is 0 Å². The Morgan fingerprint density at radius 3 is 0.350 bits per heavy atom. The Morgan fingerprint density at radius 2 is 0.267 bits per heavy atom. The molecule has 0 unspecified atom stereocenters. The Bertz CT molecular complexity index is 1920. The summed E-state index contributed by atoms with van der Waals surface area (Å²) in [7, 11) is -1.34. The molecule has 0 radical (unpaired) electrons. The smallest absolute Gasteiger partial charge is 0.0134 e. The third-order valence-corrected chi connectivity index (χ3v) is 16.5. The summed E-state index contributed by atoms with van der Waals surface area (Å²) in [6.07, 6.45) is 0. The van der Waals surface area contributed by atoms with Crippen molar-refractivity contribution in [3.8, 4) is 0 Å². The minimum absolute atomic E-state index is 0. The fourth-order valence-electron chi connectivity index (χ4n) is 6.54. The molecule has 0 amide bonds. The first-order chi connectivity index (χ1) is 29.3. The molecular weight excluding hydrogens is 871 g/mol. The van der Waals surface area contributed by atoms with Crippen molar-refractivity contribution >= 4 is 71.5 Å². The fourth-order valence-corrected chi connectivity index (χ4v) is 13.5. The van der Waals surface area contributed by atoms with Crippen molar-refractivity contribution in [3.05, 3.63) is 280 Å². The van der Waals surface area contributed by atoms with Crippen LogP contribution in [-0.4, -0.2) is 0 Å². The Morgan fingerprint density at radius 1 is 0.183 bits per heavy atom. The van der Waals surface area contributed by atoms with Gasteiger partial charge in [-0.1, -0.05) is 273 Å². The first kappa shape index (κ1) is 45.7. The van der Waals surface area contributed by atoms with Gasteiger partial charge in [0.05, 0.1) is 0 Å². The second-order valence-corrected chi connectivity index (χ2v) is 19.7. The maximum Gasteiger partial charge on any atom is -0.0134 e. The van der Waals surface area contributed by atoms with Gasteiger partial charge in [-0.15, -0.1) is 0 Å². The summed E-state index contributed by atoms with van der Waals surface area (Å²) >= 11 is 0. The van der Waals surface area contributed by atoms with Crippen molar-refractivity contribution in [1.29, 1.82) is 0 Å². The molecule has 0 bridgehead atoms. The van der Waals surface area contributed by atoms with Crippen molar-refractivity contribution in [2.24, 2.45) is 0 Å². The zero-order valence-corrected chi connectivity index (χ0v) is 37.7. The van der Waals surface area contributed by atoms with Gasteiger partial charge in [-0.3, -0.25) is 0 Å². The maximum absolute atomic E-state index is 7.50. The SMILES string of the molecule is [C-]#[O+].[RuH].c1ccc(P(c2ccccc2)c2ccccc2)cc1.c1ccc(P(c2ccccc2)c2ccccc2)cc1.c1ccc(P(c2ccccc2)c2ccccc2)cc1. The first-order valence-electron chi connectivity index (χ1n) is 19.4. The summed E-state index contributed by atoms with van der Waals surface area (Å²) < 4.78 is 7.50. The summed E-state index contributed by atoms with van der Waals surface area (Å²) in [5.74, 6) is 0. The molecule has 5 heteroatoms. The van der Waals surface area contributed by atoms with E-state index in [2.05, 4.69) is 280 Å². The molecule has 9 aromatic carbocycles. The summed E-state index contributed by atoms with van der Waals surface area (Å²) in [4.78, 5) is 0. The van der Waals surface area contributed by atoms with Crippen LogP contribution in [0.4, 0.5) is 0 Å². The van der Waals surface area contributed by atoms with Gasteiger partial charge in [0.25, 0.3) is 0 Å². The zero-order chi connectivity index (χ0) is 40.7. The molecule has 0 saturated carbocycles. The number of rotatable bonds is 9. The normalized spacial score (nSPS) is 10.1. The summed E-state index contributed by atoms with van der Waals surface area (Å²) in [5, 5.41) is 12.6. The van der Waals surface area contributed by atoms with Crippen molar-refractivity contribution in [1.82, 2.24) is 0 Å². The van der Waals surface area contributed by atoms with Gasteiger partial charge in [-0.2, -0.15) is 0 Å². The van der Waals surface area contributed by atoms with E-state index in [1.165, 1.54) is 47.7 Å². The van der Waals surface area contributed by atoms with Crippen LogP contribution in [0, 0.1) is 6.65 Å². The molecule has 0 fully saturated rings. The number of benzene rings is 9. The predicted molar refractivity (Wildman–Crippen MR) is 261 cm³/mol. The molecule has 0 aliphatic carbocycles. The molecule has 0 saturated heterocycles. The molecule has 0 spiro atoms. The second-order valence-electron chi connectivity index (χ2n) is 13.0. The van der Waals surface area contributed by atoms with Crippen molar-refractivity contribution in [2.75, 3.05) is 0 Å². The van der Waals surface area contributed by atoms with Gasteiger partial charge in [-0.25, -0.2) is 0 Å². The van der Waals surface area contributed by atoms with Crippen LogP contribution in [0.1, 0.15) is 0 Å². The van der Waals surface area contributed by atoms with Crippen LogP contribution < -0.4 is 47.7 Å². The number of hydrogen-bond donors (Lipinski definition) is 0. The third kappa shape index (κ3) is 13.3. The topological polar surface area (TPSA) is 19.9 Å². The van der Waals surface area contributed by atoms with Crippen LogP contribution in [0.15, 0.2) is 273 Å². The van der Waals surface area contributed by atoms with Crippen molar-refractivity contribution in [3.63, 3.8) is 0 Å². The van der Waals surface area contributed by atoms with Gasteiger partial charge in [0.15, 0.2) is 0 Å². The van der Waals surface area contributed by atoms with E-state index in [0.29, 0.717) is 0 Å². The maximum atomic E-state index is 7.50. The van der Waals surface area contributed by atoms with Crippen LogP contribution in [0.5, 0.6) is 0 Å². The largest absolute Gasteiger partial charge is 0.0622 e. The van der Waals surface area contributed by atoms with Gasteiger partial charge in [0, 0.05) is 0 Å². The van der Waals surface area contributed by atoms with E-state index in [9.17, 15) is 0 Å². The van der Waals surface area contributed by atoms with E-state index in [1.807, 2.05) is 0 Å². The summed E-state index contributed by atoms with van der Waals surface area (Å²) in [5.41, 5.74) is 0. The summed E-state index contributed by atoms with van der Waals surface area (Å²) in [6, 6.07) is 97.0. The molecule has 0 aromatic heterocycles. The first-order valence-corrected chi connectivity index (χ1v) is 23.4. The van der Waals surface area contributed by atoms with E-state index in [-0.39, 0.29) is 19.5 Å². The molecule has 0 aliphatic rings. The molecular formula is C55H46OP3Ru. The molecule has 1 nitrogen and oxygen atoms in total. The molecule has 0 aliphatic heterocycles. The van der Waals surface area contributed by atoms with Gasteiger partial charge < -0.3 is 0 Å². The Hall–Kier alpha value is -5.37. The van der Waals surface area contributed by atoms with Crippen LogP contribution in [0.2, 0.25) is 0 Å². The fraction of sp³-hybridized carbons (Fsp3) is 0. The van der Waals surface area contributed by atoms with Crippen LogP contribution >= 0.6 is 23.8 Å². The molecule has 9 aromatic rings. The Labute approximate surface area is 373 Å². The van der Waals surface area contributed by atoms with Crippen LogP contribution in [-0.2, 0) is 24.1 Å². The van der Waals surface area contributed by atoms with E-state index < -0.39 is 23.8 Å². The van der Waals surface area contributed by atoms with Gasteiger partial charge in [-0.05, 0) is 71.5 Å². The van der Waals surface area contributed by atoms with Crippen molar-refractivity contribution in [2.45, 2.75) is 0 Å². The minimum Gasteiger partial charge on any atom is -0.0622 e. The quantitative estimate of drug-likeness (QED) is 0.0595. The minimum atomic E-state index is -0.446. The Kier molecular flexibility index (Phi) is 19.8. The van der Waals surface area contributed by atoms with E-state index >= 15 is 0 Å². The molecule has 0 N–H and O–H groups in total. The molecule has 0 atom stereocenters. The average Bonchev–Trinajstić information content (AvgIpc) is 3.34. The van der Waals surface area contributed by atoms with Crippen LogP contribution in [0.25, 0.3) is 0 Å². The van der Waals surface area contributed by atoms with Crippen LogP contribution in [0.3, 0.4) is 0 Å². The molecule has 295 valence electrons. The zero-order valence-electron chi connectivity index (χ0n) is 33.1. The van der Waals surface area contributed by atoms with Gasteiger partial charge in [0.1, 0.15) is 0 Å². The Balaban J connectivity index is 0.000000166. The van der Waals surface area contributed by atoms with E-state index in [0.717, 1.165) is 0 Å². The molecule has 0 heterocycles. The standard InChI is InChI=1S/3C18H15P.CO.Ru.H/c3*1-4-10-16(11-5-1)19(17-12-6-2-7-13-17)18-14-8-3-9-15-18;1-2;;/h3*1-15H;;;. The summed E-state index contributed by atoms with van der Waals surface area (Å²) in [6.45, 7) is 4.50. The predicted octanol–water partition coefficient (Wildman–Crippen LogP) is 10.0. The van der Waals surface area contributed by atoms with Gasteiger partial charge in [0.2, 0.25) is 0 Å². The molecule has 60 heavy (non-hydrogen) atoms. The van der Waals surface area contributed by atoms with Gasteiger partial charge >= 0.3 is 30.8 Å². The van der Waals surface area contributed by atoms with Crippen molar-refractivity contribution < 1.29 is 24.1 Å². The number of hydrogen-bond acceptors (Lipinski definition) is 0.